The number of carbonyl (C=O) groups excluding carboxylic acids is 6. The van der Waals surface area contributed by atoms with Gasteiger partial charge in [0.25, 0.3) is 0 Å². The van der Waals surface area contributed by atoms with Crippen molar-refractivity contribution in [2.45, 2.75) is 538 Å². The van der Waals surface area contributed by atoms with E-state index in [9.17, 15) is 58.8 Å². The molecule has 2 fully saturated rings. The Morgan fingerprint density at radius 1 is 0.367 bits per heavy atom. The highest BCUT2D eigenvalue weighted by Crippen LogP contribution is 2.43. The Hall–Kier alpha value is -3.88. The number of aliphatic hydroxyl groups excluding tert-OH is 3. The minimum absolute atomic E-state index is 0.106. The zero-order valence-electron chi connectivity index (χ0n) is 76.3. The maximum absolute atomic E-state index is 15.2. The number of amides is 2. The maximum atomic E-state index is 15.2. The van der Waals surface area contributed by atoms with Crippen molar-refractivity contribution in [2.75, 3.05) is 20.3 Å². The molecule has 2 aliphatic rings. The molecule has 2 saturated heterocycles. The van der Waals surface area contributed by atoms with Crippen LogP contribution in [0.3, 0.4) is 0 Å². The molecule has 120 heavy (non-hydrogen) atoms. The molecule has 0 aromatic carbocycles. The Labute approximate surface area is 725 Å². The average molecular weight is 1730 g/mol. The van der Waals surface area contributed by atoms with Gasteiger partial charge in [-0.05, 0) is 51.4 Å². The summed E-state index contributed by atoms with van der Waals surface area (Å²) in [5.41, 5.74) is 0. The van der Waals surface area contributed by atoms with Crippen LogP contribution >= 0.6 is 7.82 Å². The van der Waals surface area contributed by atoms with Crippen molar-refractivity contribution in [3.63, 3.8) is 0 Å². The molecule has 0 saturated carbocycles. The Bertz CT molecular complexity index is 2600. The molecule has 0 radical (unpaired) electrons. The van der Waals surface area contributed by atoms with E-state index in [0.717, 1.165) is 244 Å². The minimum Gasteiger partial charge on any atom is -0.479 e. The fourth-order valence-electron chi connectivity index (χ4n) is 16.4. The quantitative estimate of drug-likeness (QED) is 0.0121. The van der Waals surface area contributed by atoms with Gasteiger partial charge >= 0.3 is 37.7 Å². The Morgan fingerprint density at radius 2 is 0.692 bits per heavy atom. The summed E-state index contributed by atoms with van der Waals surface area (Å²) in [5.74, 6) is -6.37. The van der Waals surface area contributed by atoms with Gasteiger partial charge in [0.1, 0.15) is 48.7 Å². The second-order valence-corrected chi connectivity index (χ2v) is 36.1. The van der Waals surface area contributed by atoms with E-state index in [2.05, 4.69) is 52.2 Å². The van der Waals surface area contributed by atoms with Crippen LogP contribution in [0.5, 0.6) is 0 Å². The van der Waals surface area contributed by atoms with Gasteiger partial charge in [0.05, 0.1) is 51.1 Å². The molecule has 2 amide bonds. The van der Waals surface area contributed by atoms with E-state index in [0.29, 0.717) is 38.5 Å². The topological polar surface area (TPSA) is 365 Å². The summed E-state index contributed by atoms with van der Waals surface area (Å²) in [6, 6.07) is -3.62. The number of aliphatic hydroxyl groups is 3. The molecule has 3 unspecified atom stereocenters. The van der Waals surface area contributed by atoms with E-state index in [4.69, 9.17) is 42.4 Å². The Morgan fingerprint density at radius 3 is 1.07 bits per heavy atom. The van der Waals surface area contributed by atoms with Gasteiger partial charge in [0, 0.05) is 20.0 Å². The molecule has 0 aromatic heterocycles. The molecule has 0 aromatic rings. The lowest BCUT2D eigenvalue weighted by molar-refractivity contribution is -0.286. The molecule has 0 spiro atoms. The summed E-state index contributed by atoms with van der Waals surface area (Å²) in [7, 11) is -4.35. The van der Waals surface area contributed by atoms with Crippen molar-refractivity contribution in [1.82, 2.24) is 10.6 Å². The third-order valence-corrected chi connectivity index (χ3v) is 24.1. The molecular weight excluding hydrogens is 1560 g/mol. The van der Waals surface area contributed by atoms with E-state index in [1.54, 1.807) is 0 Å². The number of nitrogens with one attached hydrogen (secondary N) is 2. The highest BCUT2D eigenvalue weighted by molar-refractivity contribution is 7.46. The van der Waals surface area contributed by atoms with Gasteiger partial charge in [0.2, 0.25) is 11.8 Å². The third kappa shape index (κ3) is 57.7. The fourth-order valence-corrected chi connectivity index (χ4v) is 17.0. The van der Waals surface area contributed by atoms with Gasteiger partial charge in [-0.25, -0.2) is 9.36 Å². The van der Waals surface area contributed by atoms with Gasteiger partial charge in [-0.15, -0.1) is 0 Å². The van der Waals surface area contributed by atoms with Crippen LogP contribution in [0.25, 0.3) is 0 Å². The van der Waals surface area contributed by atoms with E-state index in [-0.39, 0.29) is 38.5 Å². The monoisotopic (exact) mass is 1730 g/mol. The first-order valence-corrected chi connectivity index (χ1v) is 50.4. The van der Waals surface area contributed by atoms with Crippen LogP contribution in [0.4, 0.5) is 0 Å². The van der Waals surface area contributed by atoms with E-state index >= 15 is 9.59 Å². The summed E-state index contributed by atoms with van der Waals surface area (Å²) in [4.78, 5) is 121. The molecule has 0 bridgehead atoms. The zero-order valence-corrected chi connectivity index (χ0v) is 77.2. The number of rotatable bonds is 82. The van der Waals surface area contributed by atoms with Crippen molar-refractivity contribution in [3.05, 3.63) is 0 Å². The maximum Gasteiger partial charge on any atom is 0.470 e. The Kier molecular flexibility index (Phi) is 69.4. The van der Waals surface area contributed by atoms with Gasteiger partial charge in [-0.2, -0.15) is 0 Å². The van der Waals surface area contributed by atoms with Crippen LogP contribution in [-0.4, -0.2) is 178 Å². The minimum atomic E-state index is -5.61. The van der Waals surface area contributed by atoms with Gasteiger partial charge < -0.3 is 78.7 Å². The predicted octanol–water partition coefficient (Wildman–Crippen LogP) is 20.5. The lowest BCUT2D eigenvalue weighted by atomic mass is 9.91. The zero-order chi connectivity index (χ0) is 88.1. The molecular formula is C94H175N2O23P. The van der Waals surface area contributed by atoms with Crippen molar-refractivity contribution < 1.29 is 111 Å². The molecule has 2 rings (SSSR count). The second-order valence-electron chi connectivity index (χ2n) is 34.9. The smallest absolute Gasteiger partial charge is 0.470 e. The summed E-state index contributed by atoms with van der Waals surface area (Å²) in [6.07, 6.45) is 34.5. The van der Waals surface area contributed by atoms with Crippen LogP contribution in [0.15, 0.2) is 0 Å². The standard InChI is InChI=1S/C94H175N2O23P/c1-8-14-20-26-32-38-44-50-56-62-74(97)68-80(99)95-86-90(117-84(103)69-75(98)63-57-51-45-39-33-27-21-15-9-2)88(105)78(115-92(86)93(106)107)73-112-94-87(96-81(100)70-76(64-58-52-46-40-34-28-22-16-10-3)113-82(101)66-60-54-48-42-36-30-24-18-12-5)91(89(119-120(108,109)110)79(116-94)72-111-7)118-85(104)71-77(65-59-53-47-41-35-29-23-17-11-4)114-83(102)67-61-55-49-43-37-31-25-19-13-6/h74-79,86-92,94,97-98,105H,8-73H2,1-7H3,(H,95,99)(H,96,100)(H,106,107)(H2,108,109,110)/t74-,75-,76?,77?,78?,79-,86-,87-,88-,89-,90-,91-,92+,94-/m1/s1. The van der Waals surface area contributed by atoms with Crippen molar-refractivity contribution in [2.24, 2.45) is 0 Å². The first-order valence-electron chi connectivity index (χ1n) is 48.8. The number of carbonyl (C=O) groups is 7. The van der Waals surface area contributed by atoms with Crippen molar-refractivity contribution >= 4 is 49.5 Å². The molecule has 25 nitrogen and oxygen atoms in total. The average Bonchev–Trinajstić information content (AvgIpc) is 0.778. The van der Waals surface area contributed by atoms with Crippen molar-refractivity contribution in [3.8, 4) is 0 Å². The van der Waals surface area contributed by atoms with Crippen LogP contribution < -0.4 is 10.6 Å². The summed E-state index contributed by atoms with van der Waals surface area (Å²) in [6.45, 7) is 11.6. The van der Waals surface area contributed by atoms with Crippen molar-refractivity contribution in [1.29, 1.82) is 0 Å². The number of carboxylic acids is 1. The SMILES string of the molecule is CCCCCCCCCCCC(=O)OC(CCCCCCCCCCC)CC(=O)N[C@H]1[C@H](OCC2O[C@H](C(=O)O)[C@H](NC(=O)C[C@H](O)CCCCCCCCCCC)[C@@H](OC(=O)C[C@H](O)CCCCCCCCCCC)[C@@H]2O)O[C@H](COC)[C@@H](OP(=O)(O)O)[C@@H]1OC(=O)CC(CCCCCCCCCCC)OC(=O)CCCCCCCCCCC. The van der Waals surface area contributed by atoms with Gasteiger partial charge in [-0.1, -0.05) is 363 Å². The number of hydrogen-bond acceptors (Lipinski definition) is 20. The second kappa shape index (κ2) is 74.2. The number of aliphatic carboxylic acids is 1. The molecule has 8 N–H and O–H groups in total. The fraction of sp³-hybridized carbons (Fsp3) is 0.926. The molecule has 14 atom stereocenters. The summed E-state index contributed by atoms with van der Waals surface area (Å²) < 4.78 is 68.2. The first kappa shape index (κ1) is 112. The lowest BCUT2D eigenvalue weighted by Gasteiger charge is -2.47. The molecule has 2 heterocycles. The van der Waals surface area contributed by atoms with Crippen LogP contribution in [0, 0.1) is 0 Å². The normalized spacial score (nSPS) is 20.4. The number of methoxy groups -OCH3 is 1. The van der Waals surface area contributed by atoms with E-state index < -0.39 is 174 Å². The summed E-state index contributed by atoms with van der Waals surface area (Å²) >= 11 is 0. The molecule has 0 aliphatic carbocycles. The number of carboxylic acid groups (broad SMARTS) is 1. The van der Waals surface area contributed by atoms with Crippen LogP contribution in [0.2, 0.25) is 0 Å². The molecule has 26 heteroatoms. The largest absolute Gasteiger partial charge is 0.479 e. The molecule has 704 valence electrons. The number of esters is 4. The number of phosphoric acid groups is 1. The van der Waals surface area contributed by atoms with E-state index in [1.165, 1.54) is 71.3 Å². The predicted molar refractivity (Wildman–Crippen MR) is 471 cm³/mol. The third-order valence-electron chi connectivity index (χ3n) is 23.6. The number of ether oxygens (including phenoxy) is 8. The highest BCUT2D eigenvalue weighted by atomic mass is 31.2. The van der Waals surface area contributed by atoms with Gasteiger partial charge in [0.15, 0.2) is 24.6 Å². The number of hydrogen-bond donors (Lipinski definition) is 8. The number of unbranched alkanes of at least 4 members (excludes halogenated alkanes) is 48. The van der Waals surface area contributed by atoms with Crippen LogP contribution in [0.1, 0.15) is 452 Å². The highest BCUT2D eigenvalue weighted by Gasteiger charge is 2.55. The van der Waals surface area contributed by atoms with Gasteiger partial charge in [-0.3, -0.25) is 33.3 Å². The first-order chi connectivity index (χ1) is 58.0. The number of phosphoric ester groups is 1. The Balaban J connectivity index is 2.83. The van der Waals surface area contributed by atoms with E-state index in [1.807, 2.05) is 0 Å². The lowest BCUT2D eigenvalue weighted by Crippen LogP contribution is -2.68. The summed E-state index contributed by atoms with van der Waals surface area (Å²) in [5, 5.41) is 51.4. The van der Waals surface area contributed by atoms with Crippen LogP contribution in [-0.2, 0) is 80.5 Å². The molecule has 2 aliphatic heterocycles.